The van der Waals surface area contributed by atoms with Gasteiger partial charge >= 0.3 is 0 Å². The first-order valence-electron chi connectivity index (χ1n) is 5.85. The third kappa shape index (κ3) is 2.94. The molecule has 0 aliphatic carbocycles. The first-order chi connectivity index (χ1) is 8.35. The number of nitrogens with two attached hydrogens (primary N) is 1. The summed E-state index contributed by atoms with van der Waals surface area (Å²) in [5.74, 6) is 5.66. The second-order valence-corrected chi connectivity index (χ2v) is 5.01. The number of nitrogens with one attached hydrogen (secondary N) is 1. The Hall–Kier alpha value is -1.17. The largest absolute Gasteiger partial charge is 0.271 e. The van der Waals surface area contributed by atoms with Crippen LogP contribution < -0.4 is 11.3 Å². The number of aryl methyl sites for hydroxylation is 1. The summed E-state index contributed by atoms with van der Waals surface area (Å²) in [5.41, 5.74) is 4.04. The van der Waals surface area contributed by atoms with Gasteiger partial charge in [0.2, 0.25) is 0 Å². The van der Waals surface area contributed by atoms with Gasteiger partial charge in [-0.15, -0.1) is 11.3 Å². The lowest BCUT2D eigenvalue weighted by molar-refractivity contribution is 0.480. The Labute approximate surface area is 105 Å². The Morgan fingerprint density at radius 1 is 1.53 bits per heavy atom. The van der Waals surface area contributed by atoms with Crippen molar-refractivity contribution >= 4 is 11.3 Å². The van der Waals surface area contributed by atoms with Gasteiger partial charge in [-0.05, 0) is 23.9 Å². The number of hydrazine groups is 1. The van der Waals surface area contributed by atoms with Crippen molar-refractivity contribution in [2.24, 2.45) is 5.84 Å². The molecule has 5 heteroatoms. The molecule has 0 fully saturated rings. The second-order valence-electron chi connectivity index (χ2n) is 3.98. The Morgan fingerprint density at radius 3 is 3.06 bits per heavy atom. The molecule has 1 unspecified atom stereocenters. The van der Waals surface area contributed by atoms with Crippen LogP contribution in [0.1, 0.15) is 30.0 Å². The zero-order chi connectivity index (χ0) is 12.1. The van der Waals surface area contributed by atoms with Crippen LogP contribution in [0.2, 0.25) is 0 Å². The first kappa shape index (κ1) is 12.3. The lowest BCUT2D eigenvalue weighted by Crippen LogP contribution is -2.31. The molecule has 0 saturated heterocycles. The second kappa shape index (κ2) is 5.95. The quantitative estimate of drug-likeness (QED) is 0.610. The van der Waals surface area contributed by atoms with E-state index in [0.717, 1.165) is 25.1 Å². The zero-order valence-corrected chi connectivity index (χ0v) is 10.8. The molecular formula is C12H18N4S. The van der Waals surface area contributed by atoms with Gasteiger partial charge in [-0.1, -0.05) is 13.0 Å². The Kier molecular flexibility index (Phi) is 4.30. The van der Waals surface area contributed by atoms with Gasteiger partial charge in [0, 0.05) is 24.0 Å². The molecular weight excluding hydrogens is 232 g/mol. The van der Waals surface area contributed by atoms with Crippen LogP contribution in [-0.2, 0) is 13.0 Å². The molecule has 2 aromatic rings. The average Bonchev–Trinajstić information content (AvgIpc) is 2.97. The van der Waals surface area contributed by atoms with E-state index in [2.05, 4.69) is 35.0 Å². The molecule has 2 rings (SSSR count). The number of aromatic nitrogens is 2. The van der Waals surface area contributed by atoms with Gasteiger partial charge in [0.05, 0.1) is 11.7 Å². The maximum Gasteiger partial charge on any atom is 0.0677 e. The van der Waals surface area contributed by atoms with Crippen LogP contribution in [0.25, 0.3) is 0 Å². The van der Waals surface area contributed by atoms with Gasteiger partial charge in [0.25, 0.3) is 0 Å². The average molecular weight is 250 g/mol. The van der Waals surface area contributed by atoms with E-state index in [4.69, 9.17) is 5.84 Å². The van der Waals surface area contributed by atoms with Crippen LogP contribution >= 0.6 is 11.3 Å². The predicted molar refractivity (Wildman–Crippen MR) is 70.6 cm³/mol. The van der Waals surface area contributed by atoms with Gasteiger partial charge in [0.15, 0.2) is 0 Å². The SMILES string of the molecule is CCCn1nccc1C(Cc1cccs1)NN. The lowest BCUT2D eigenvalue weighted by atomic mass is 10.1. The van der Waals surface area contributed by atoms with Crippen LogP contribution in [0.5, 0.6) is 0 Å². The monoisotopic (exact) mass is 250 g/mol. The fourth-order valence-electron chi connectivity index (χ4n) is 1.92. The van der Waals surface area contributed by atoms with E-state index in [9.17, 15) is 0 Å². The van der Waals surface area contributed by atoms with E-state index in [1.807, 2.05) is 16.9 Å². The number of hydrogen-bond donors (Lipinski definition) is 2. The third-order valence-corrected chi connectivity index (χ3v) is 3.63. The van der Waals surface area contributed by atoms with Crippen LogP contribution in [0.4, 0.5) is 0 Å². The topological polar surface area (TPSA) is 55.9 Å². The number of hydrogen-bond acceptors (Lipinski definition) is 4. The zero-order valence-electron chi connectivity index (χ0n) is 9.97. The van der Waals surface area contributed by atoms with Crippen molar-refractivity contribution in [3.63, 3.8) is 0 Å². The molecule has 0 spiro atoms. The summed E-state index contributed by atoms with van der Waals surface area (Å²) in [6.07, 6.45) is 3.82. The van der Waals surface area contributed by atoms with Crippen molar-refractivity contribution in [3.8, 4) is 0 Å². The minimum Gasteiger partial charge on any atom is -0.271 e. The summed E-state index contributed by atoms with van der Waals surface area (Å²) >= 11 is 1.76. The van der Waals surface area contributed by atoms with Gasteiger partial charge in [-0.3, -0.25) is 16.0 Å². The van der Waals surface area contributed by atoms with Crippen molar-refractivity contribution < 1.29 is 0 Å². The maximum absolute atomic E-state index is 5.66. The highest BCUT2D eigenvalue weighted by Gasteiger charge is 2.15. The molecule has 2 aromatic heterocycles. The van der Waals surface area contributed by atoms with Crippen LogP contribution in [0.3, 0.4) is 0 Å². The molecule has 4 nitrogen and oxygen atoms in total. The molecule has 0 aliphatic heterocycles. The Bertz CT molecular complexity index is 435. The molecule has 0 radical (unpaired) electrons. The highest BCUT2D eigenvalue weighted by Crippen LogP contribution is 2.20. The minimum absolute atomic E-state index is 0.127. The van der Waals surface area contributed by atoms with E-state index < -0.39 is 0 Å². The Morgan fingerprint density at radius 2 is 2.41 bits per heavy atom. The molecule has 1 atom stereocenters. The fraction of sp³-hybridized carbons (Fsp3) is 0.417. The molecule has 92 valence electrons. The smallest absolute Gasteiger partial charge is 0.0677 e. The summed E-state index contributed by atoms with van der Waals surface area (Å²) < 4.78 is 2.03. The first-order valence-corrected chi connectivity index (χ1v) is 6.73. The third-order valence-electron chi connectivity index (χ3n) is 2.73. The van der Waals surface area contributed by atoms with E-state index in [1.165, 1.54) is 4.88 Å². The van der Waals surface area contributed by atoms with E-state index >= 15 is 0 Å². The molecule has 3 N–H and O–H groups in total. The van der Waals surface area contributed by atoms with Crippen molar-refractivity contribution in [1.29, 1.82) is 0 Å². The van der Waals surface area contributed by atoms with Crippen molar-refractivity contribution in [2.45, 2.75) is 32.4 Å². The highest BCUT2D eigenvalue weighted by atomic mass is 32.1. The molecule has 17 heavy (non-hydrogen) atoms. The molecule has 0 aromatic carbocycles. The number of rotatable bonds is 6. The van der Waals surface area contributed by atoms with Crippen molar-refractivity contribution in [3.05, 3.63) is 40.3 Å². The standard InChI is InChI=1S/C12H18N4S/c1-2-7-16-12(5-6-14-16)11(15-13)9-10-4-3-8-17-10/h3-6,8,11,15H,2,7,9,13H2,1H3. The minimum atomic E-state index is 0.127. The molecule has 0 amide bonds. The predicted octanol–water partition coefficient (Wildman–Crippen LogP) is 2.10. The number of thiophene rings is 1. The van der Waals surface area contributed by atoms with Crippen molar-refractivity contribution in [1.82, 2.24) is 15.2 Å². The van der Waals surface area contributed by atoms with Gasteiger partial charge < -0.3 is 0 Å². The summed E-state index contributed by atoms with van der Waals surface area (Å²) in [6.45, 7) is 3.08. The van der Waals surface area contributed by atoms with Gasteiger partial charge in [0.1, 0.15) is 0 Å². The van der Waals surface area contributed by atoms with Crippen LogP contribution in [0, 0.1) is 0 Å². The highest BCUT2D eigenvalue weighted by molar-refractivity contribution is 7.09. The number of nitrogens with zero attached hydrogens (tertiary/aromatic N) is 2. The van der Waals surface area contributed by atoms with Gasteiger partial charge in [-0.2, -0.15) is 5.10 Å². The van der Waals surface area contributed by atoms with E-state index in [-0.39, 0.29) is 6.04 Å². The normalized spacial score (nSPS) is 12.8. The summed E-state index contributed by atoms with van der Waals surface area (Å²) in [6, 6.07) is 6.36. The van der Waals surface area contributed by atoms with Crippen LogP contribution in [-0.4, -0.2) is 9.78 Å². The van der Waals surface area contributed by atoms with E-state index in [0.29, 0.717) is 0 Å². The lowest BCUT2D eigenvalue weighted by Gasteiger charge is -2.16. The Balaban J connectivity index is 2.14. The summed E-state index contributed by atoms with van der Waals surface area (Å²) in [7, 11) is 0. The van der Waals surface area contributed by atoms with Gasteiger partial charge in [-0.25, -0.2) is 0 Å². The molecule has 0 bridgehead atoms. The van der Waals surface area contributed by atoms with E-state index in [1.54, 1.807) is 11.3 Å². The fourth-order valence-corrected chi connectivity index (χ4v) is 2.67. The molecule has 0 aliphatic rings. The maximum atomic E-state index is 5.66. The van der Waals surface area contributed by atoms with Crippen molar-refractivity contribution in [2.75, 3.05) is 0 Å². The summed E-state index contributed by atoms with van der Waals surface area (Å²) in [5, 5.41) is 6.42. The molecule has 0 saturated carbocycles. The summed E-state index contributed by atoms with van der Waals surface area (Å²) in [4.78, 5) is 1.33. The molecule has 2 heterocycles. The van der Waals surface area contributed by atoms with Crippen LogP contribution in [0.15, 0.2) is 29.8 Å².